The fourth-order valence-electron chi connectivity index (χ4n) is 1.23. The summed E-state index contributed by atoms with van der Waals surface area (Å²) in [5.74, 6) is 0. The second kappa shape index (κ2) is 8.02. The van der Waals surface area contributed by atoms with Crippen LogP contribution in [0.25, 0.3) is 0 Å². The molecule has 0 aromatic heterocycles. The van der Waals surface area contributed by atoms with E-state index >= 15 is 0 Å². The van der Waals surface area contributed by atoms with Crippen molar-refractivity contribution >= 4 is 0 Å². The predicted molar refractivity (Wildman–Crippen MR) is 48.9 cm³/mol. The molecule has 0 amide bonds. The highest BCUT2D eigenvalue weighted by Gasteiger charge is 2.09. The van der Waals surface area contributed by atoms with Crippen LogP contribution in [0, 0.1) is 0 Å². The number of methoxy groups -OCH3 is 1. The third-order valence-electron chi connectivity index (χ3n) is 1.81. The van der Waals surface area contributed by atoms with E-state index in [-0.39, 0.29) is 0 Å². The van der Waals surface area contributed by atoms with Gasteiger partial charge in [-0.15, -0.1) is 0 Å². The van der Waals surface area contributed by atoms with Gasteiger partial charge in [0, 0.05) is 13.7 Å². The predicted octanol–water partition coefficient (Wildman–Crippen LogP) is 1.75. The van der Waals surface area contributed by atoms with Crippen LogP contribution in [0.3, 0.4) is 0 Å². The van der Waals surface area contributed by atoms with Crippen molar-refractivity contribution in [3.63, 3.8) is 0 Å². The number of nitrogens with zero attached hydrogens (tertiary/aromatic N) is 1. The van der Waals surface area contributed by atoms with Gasteiger partial charge in [-0.25, -0.2) is 0 Å². The van der Waals surface area contributed by atoms with Crippen LogP contribution in [-0.2, 0) is 4.74 Å². The minimum atomic E-state index is 0.889. The molecular formula is C9H21NO. The average Bonchev–Trinajstić information content (AvgIpc) is 2.57. The van der Waals surface area contributed by atoms with E-state index in [1.165, 1.54) is 25.9 Å². The number of hydrogen-bond acceptors (Lipinski definition) is 2. The molecule has 0 bridgehead atoms. The molecule has 68 valence electrons. The van der Waals surface area contributed by atoms with Crippen LogP contribution in [0.5, 0.6) is 0 Å². The van der Waals surface area contributed by atoms with E-state index < -0.39 is 0 Å². The minimum Gasteiger partial charge on any atom is -0.383 e. The van der Waals surface area contributed by atoms with Gasteiger partial charge in [-0.3, -0.25) is 0 Å². The van der Waals surface area contributed by atoms with Gasteiger partial charge in [-0.2, -0.15) is 0 Å². The highest BCUT2D eigenvalue weighted by atomic mass is 16.5. The van der Waals surface area contributed by atoms with Gasteiger partial charge in [0.15, 0.2) is 0 Å². The summed E-state index contributed by atoms with van der Waals surface area (Å²) < 4.78 is 4.96. The SMILES string of the molecule is CC.COCCN1CCCC1. The van der Waals surface area contributed by atoms with Crippen molar-refractivity contribution in [1.29, 1.82) is 0 Å². The number of hydrogen-bond donors (Lipinski definition) is 0. The van der Waals surface area contributed by atoms with Gasteiger partial charge in [0.1, 0.15) is 0 Å². The van der Waals surface area contributed by atoms with Crippen molar-refractivity contribution in [3.05, 3.63) is 0 Å². The fourth-order valence-corrected chi connectivity index (χ4v) is 1.23. The summed E-state index contributed by atoms with van der Waals surface area (Å²) in [5, 5.41) is 0. The van der Waals surface area contributed by atoms with Crippen LogP contribution in [0.2, 0.25) is 0 Å². The van der Waals surface area contributed by atoms with E-state index in [0.717, 1.165) is 13.2 Å². The normalized spacial score (nSPS) is 17.7. The Morgan fingerprint density at radius 1 is 1.18 bits per heavy atom. The second-order valence-electron chi connectivity index (χ2n) is 2.54. The topological polar surface area (TPSA) is 12.5 Å². The maximum absolute atomic E-state index is 4.96. The molecule has 1 heterocycles. The van der Waals surface area contributed by atoms with E-state index in [9.17, 15) is 0 Å². The van der Waals surface area contributed by atoms with Crippen LogP contribution < -0.4 is 0 Å². The second-order valence-corrected chi connectivity index (χ2v) is 2.54. The summed E-state index contributed by atoms with van der Waals surface area (Å²) in [6.07, 6.45) is 2.76. The Balaban J connectivity index is 0.000000461. The minimum absolute atomic E-state index is 0.889. The lowest BCUT2D eigenvalue weighted by molar-refractivity contribution is 0.161. The van der Waals surface area contributed by atoms with Gasteiger partial charge in [0.25, 0.3) is 0 Å². The first-order chi connectivity index (χ1) is 5.43. The van der Waals surface area contributed by atoms with Crippen LogP contribution in [0.4, 0.5) is 0 Å². The molecule has 0 spiro atoms. The molecule has 1 saturated heterocycles. The Morgan fingerprint density at radius 2 is 1.73 bits per heavy atom. The monoisotopic (exact) mass is 159 g/mol. The molecule has 0 unspecified atom stereocenters. The molecule has 2 nitrogen and oxygen atoms in total. The van der Waals surface area contributed by atoms with Gasteiger partial charge in [-0.1, -0.05) is 13.8 Å². The lowest BCUT2D eigenvalue weighted by Gasteiger charge is -2.12. The van der Waals surface area contributed by atoms with E-state index in [4.69, 9.17) is 4.74 Å². The Kier molecular flexibility index (Phi) is 7.96. The first-order valence-electron chi connectivity index (χ1n) is 4.65. The Morgan fingerprint density at radius 3 is 2.18 bits per heavy atom. The maximum Gasteiger partial charge on any atom is 0.0589 e. The van der Waals surface area contributed by atoms with E-state index in [1.54, 1.807) is 7.11 Å². The zero-order chi connectivity index (χ0) is 8.53. The van der Waals surface area contributed by atoms with Crippen LogP contribution in [0.1, 0.15) is 26.7 Å². The third-order valence-corrected chi connectivity index (χ3v) is 1.81. The molecule has 0 atom stereocenters. The van der Waals surface area contributed by atoms with Crippen molar-refractivity contribution < 1.29 is 4.74 Å². The lowest BCUT2D eigenvalue weighted by atomic mass is 10.4. The molecule has 0 aromatic rings. The molecule has 1 aliphatic rings. The first-order valence-corrected chi connectivity index (χ1v) is 4.65. The van der Waals surface area contributed by atoms with Gasteiger partial charge >= 0.3 is 0 Å². The van der Waals surface area contributed by atoms with Crippen LogP contribution >= 0.6 is 0 Å². The molecule has 11 heavy (non-hydrogen) atoms. The molecule has 0 radical (unpaired) electrons. The van der Waals surface area contributed by atoms with Gasteiger partial charge in [-0.05, 0) is 25.9 Å². The highest BCUT2D eigenvalue weighted by Crippen LogP contribution is 2.05. The molecule has 1 rings (SSSR count). The summed E-state index contributed by atoms with van der Waals surface area (Å²) in [6.45, 7) is 8.57. The maximum atomic E-state index is 4.96. The molecule has 1 fully saturated rings. The summed E-state index contributed by atoms with van der Waals surface area (Å²) >= 11 is 0. The number of likely N-dealkylation sites (tertiary alicyclic amines) is 1. The highest BCUT2D eigenvalue weighted by molar-refractivity contribution is 4.64. The van der Waals surface area contributed by atoms with E-state index in [0.29, 0.717) is 0 Å². The molecule has 2 heteroatoms. The van der Waals surface area contributed by atoms with Gasteiger partial charge in [0.2, 0.25) is 0 Å². The van der Waals surface area contributed by atoms with E-state index in [1.807, 2.05) is 13.8 Å². The van der Waals surface area contributed by atoms with Crippen LogP contribution in [-0.4, -0.2) is 38.3 Å². The fraction of sp³-hybridized carbons (Fsp3) is 1.00. The average molecular weight is 159 g/mol. The molecule has 0 saturated carbocycles. The quantitative estimate of drug-likeness (QED) is 0.622. The summed E-state index contributed by atoms with van der Waals surface area (Å²) in [5.41, 5.74) is 0. The van der Waals surface area contributed by atoms with Crippen molar-refractivity contribution in [2.24, 2.45) is 0 Å². The molecule has 0 aromatic carbocycles. The Labute approximate surface area is 70.5 Å². The van der Waals surface area contributed by atoms with Crippen molar-refractivity contribution in [1.82, 2.24) is 4.90 Å². The third kappa shape index (κ3) is 5.22. The molecule has 1 aliphatic heterocycles. The number of rotatable bonds is 3. The largest absolute Gasteiger partial charge is 0.383 e. The van der Waals surface area contributed by atoms with Crippen LogP contribution in [0.15, 0.2) is 0 Å². The van der Waals surface area contributed by atoms with Crippen molar-refractivity contribution in [3.8, 4) is 0 Å². The zero-order valence-electron chi connectivity index (χ0n) is 8.10. The molecule has 0 N–H and O–H groups in total. The van der Waals surface area contributed by atoms with E-state index in [2.05, 4.69) is 4.90 Å². The summed E-state index contributed by atoms with van der Waals surface area (Å²) in [7, 11) is 1.76. The van der Waals surface area contributed by atoms with Gasteiger partial charge in [0.05, 0.1) is 6.61 Å². The smallest absolute Gasteiger partial charge is 0.0589 e. The lowest BCUT2D eigenvalue weighted by Crippen LogP contribution is -2.23. The van der Waals surface area contributed by atoms with Crippen molar-refractivity contribution in [2.45, 2.75) is 26.7 Å². The Bertz CT molecular complexity index is 70.0. The summed E-state index contributed by atoms with van der Waals surface area (Å²) in [4.78, 5) is 2.45. The molecular weight excluding hydrogens is 138 g/mol. The Hall–Kier alpha value is -0.0800. The van der Waals surface area contributed by atoms with Gasteiger partial charge < -0.3 is 9.64 Å². The number of ether oxygens (including phenoxy) is 1. The molecule has 0 aliphatic carbocycles. The zero-order valence-corrected chi connectivity index (χ0v) is 8.10. The summed E-state index contributed by atoms with van der Waals surface area (Å²) in [6, 6.07) is 0. The van der Waals surface area contributed by atoms with Crippen molar-refractivity contribution in [2.75, 3.05) is 33.4 Å². The first kappa shape index (κ1) is 10.9. The standard InChI is InChI=1S/C7H15NO.C2H6/c1-9-7-6-8-4-2-3-5-8;1-2/h2-7H2,1H3;1-2H3.